The summed E-state index contributed by atoms with van der Waals surface area (Å²) in [7, 11) is 1.42. The molecule has 0 aliphatic rings. The molecule has 1 aromatic carbocycles. The number of hydrogen-bond acceptors (Lipinski definition) is 3. The fraction of sp³-hybridized carbons (Fsp3) is 0.214. The normalized spacial score (nSPS) is 12.1. The van der Waals surface area contributed by atoms with Gasteiger partial charge >= 0.3 is 5.97 Å². The van der Waals surface area contributed by atoms with Gasteiger partial charge in [0.2, 0.25) is 0 Å². The number of benzene rings is 1. The second kappa shape index (κ2) is 5.15. The predicted octanol–water partition coefficient (Wildman–Crippen LogP) is 3.69. The minimum absolute atomic E-state index is 0.201. The molecule has 0 aliphatic heterocycles. The summed E-state index contributed by atoms with van der Waals surface area (Å²) in [5.74, 6) is -0.412. The maximum Gasteiger partial charge on any atom is 0.312 e. The number of esters is 1. The van der Waals surface area contributed by atoms with Crippen molar-refractivity contribution in [2.45, 2.75) is 12.8 Å². The van der Waals surface area contributed by atoms with Crippen molar-refractivity contribution in [3.63, 3.8) is 0 Å². The summed E-state index contributed by atoms with van der Waals surface area (Å²) in [5, 5.41) is 4.17. The minimum atomic E-state index is -0.212. The van der Waals surface area contributed by atoms with Gasteiger partial charge in [0.05, 0.1) is 13.0 Å². The molecule has 2 rings (SSSR count). The Balaban J connectivity index is 2.21. The van der Waals surface area contributed by atoms with Gasteiger partial charge in [-0.05, 0) is 40.4 Å². The Hall–Kier alpha value is -1.61. The first-order valence-electron chi connectivity index (χ1n) is 5.42. The highest BCUT2D eigenvalue weighted by atomic mass is 32.1. The molecule has 0 spiro atoms. The summed E-state index contributed by atoms with van der Waals surface area (Å²) in [5.41, 5.74) is 3.37. The maximum atomic E-state index is 11.4. The van der Waals surface area contributed by atoms with Crippen molar-refractivity contribution >= 4 is 17.3 Å². The monoisotopic (exact) mass is 246 g/mol. The van der Waals surface area contributed by atoms with Gasteiger partial charge in [-0.25, -0.2) is 0 Å². The summed E-state index contributed by atoms with van der Waals surface area (Å²) in [6.07, 6.45) is 0. The van der Waals surface area contributed by atoms with E-state index in [2.05, 4.69) is 16.8 Å². The molecule has 2 aromatic rings. The summed E-state index contributed by atoms with van der Waals surface area (Å²) < 4.78 is 4.73. The fourth-order valence-electron chi connectivity index (χ4n) is 1.71. The third kappa shape index (κ3) is 2.56. The molecule has 1 atom stereocenters. The molecule has 88 valence electrons. The molecule has 0 saturated carbocycles. The molecule has 0 aliphatic carbocycles. The average Bonchev–Trinajstić information content (AvgIpc) is 2.91. The highest BCUT2D eigenvalue weighted by Crippen LogP contribution is 2.24. The van der Waals surface area contributed by atoms with Crippen molar-refractivity contribution < 1.29 is 9.53 Å². The van der Waals surface area contributed by atoms with E-state index in [1.807, 2.05) is 31.2 Å². The predicted molar refractivity (Wildman–Crippen MR) is 70.2 cm³/mol. The van der Waals surface area contributed by atoms with E-state index in [9.17, 15) is 4.79 Å². The van der Waals surface area contributed by atoms with Crippen LogP contribution in [0.3, 0.4) is 0 Å². The van der Waals surface area contributed by atoms with Crippen LogP contribution >= 0.6 is 11.3 Å². The summed E-state index contributed by atoms with van der Waals surface area (Å²) >= 11 is 1.68. The zero-order chi connectivity index (χ0) is 12.3. The standard InChI is InChI=1S/C14H14O2S/c1-10(14(15)16-2)11-3-5-12(6-4-11)13-7-8-17-9-13/h3-10H,1-2H3/t10-/m1/s1. The Morgan fingerprint density at radius 2 is 1.88 bits per heavy atom. The van der Waals surface area contributed by atoms with Gasteiger partial charge in [0.25, 0.3) is 0 Å². The molecule has 0 radical (unpaired) electrons. The zero-order valence-corrected chi connectivity index (χ0v) is 10.7. The fourth-order valence-corrected chi connectivity index (χ4v) is 2.37. The van der Waals surface area contributed by atoms with Crippen molar-refractivity contribution in [1.82, 2.24) is 0 Å². The first-order valence-corrected chi connectivity index (χ1v) is 6.37. The lowest BCUT2D eigenvalue weighted by Gasteiger charge is -2.09. The van der Waals surface area contributed by atoms with Crippen LogP contribution in [0, 0.1) is 0 Å². The van der Waals surface area contributed by atoms with Crippen molar-refractivity contribution in [3.05, 3.63) is 46.7 Å². The van der Waals surface area contributed by atoms with E-state index in [1.54, 1.807) is 11.3 Å². The first-order chi connectivity index (χ1) is 8.22. The van der Waals surface area contributed by atoms with Crippen molar-refractivity contribution in [2.24, 2.45) is 0 Å². The number of rotatable bonds is 3. The van der Waals surface area contributed by atoms with Crippen molar-refractivity contribution in [3.8, 4) is 11.1 Å². The number of methoxy groups -OCH3 is 1. The zero-order valence-electron chi connectivity index (χ0n) is 9.84. The molecule has 17 heavy (non-hydrogen) atoms. The van der Waals surface area contributed by atoms with Gasteiger partial charge in [0.1, 0.15) is 0 Å². The van der Waals surface area contributed by atoms with E-state index in [1.165, 1.54) is 18.2 Å². The molecule has 3 heteroatoms. The SMILES string of the molecule is COC(=O)[C@H](C)c1ccc(-c2ccsc2)cc1. The molecule has 2 nitrogen and oxygen atoms in total. The highest BCUT2D eigenvalue weighted by molar-refractivity contribution is 7.08. The lowest BCUT2D eigenvalue weighted by molar-refractivity contribution is -0.141. The Labute approximate surface area is 105 Å². The molecule has 1 aromatic heterocycles. The molecular weight excluding hydrogens is 232 g/mol. The highest BCUT2D eigenvalue weighted by Gasteiger charge is 2.15. The molecule has 1 heterocycles. The largest absolute Gasteiger partial charge is 0.469 e. The number of ether oxygens (including phenoxy) is 1. The Kier molecular flexibility index (Phi) is 3.59. The van der Waals surface area contributed by atoms with Gasteiger partial charge in [-0.1, -0.05) is 24.3 Å². The number of hydrogen-bond donors (Lipinski definition) is 0. The van der Waals surface area contributed by atoms with Crippen LogP contribution in [-0.2, 0) is 9.53 Å². The third-order valence-electron chi connectivity index (χ3n) is 2.82. The van der Waals surface area contributed by atoms with Gasteiger partial charge in [-0.2, -0.15) is 11.3 Å². The van der Waals surface area contributed by atoms with E-state index in [0.717, 1.165) is 5.56 Å². The molecule has 0 N–H and O–H groups in total. The summed E-state index contributed by atoms with van der Waals surface area (Å²) in [4.78, 5) is 11.4. The van der Waals surface area contributed by atoms with E-state index >= 15 is 0 Å². The lowest BCUT2D eigenvalue weighted by atomic mass is 9.98. The Morgan fingerprint density at radius 1 is 1.18 bits per heavy atom. The van der Waals surface area contributed by atoms with E-state index in [4.69, 9.17) is 4.74 Å². The van der Waals surface area contributed by atoms with Gasteiger partial charge < -0.3 is 4.74 Å². The lowest BCUT2D eigenvalue weighted by Crippen LogP contribution is -2.10. The molecule has 0 amide bonds. The third-order valence-corrected chi connectivity index (χ3v) is 3.50. The second-order valence-corrected chi connectivity index (χ2v) is 4.66. The summed E-state index contributed by atoms with van der Waals surface area (Å²) in [6, 6.07) is 10.1. The van der Waals surface area contributed by atoms with Crippen LogP contribution in [0.15, 0.2) is 41.1 Å². The van der Waals surface area contributed by atoms with Crippen molar-refractivity contribution in [1.29, 1.82) is 0 Å². The molecule has 0 unspecified atom stereocenters. The molecular formula is C14H14O2S. The molecule has 0 bridgehead atoms. The van der Waals surface area contributed by atoms with E-state index in [0.29, 0.717) is 0 Å². The van der Waals surface area contributed by atoms with Crippen LogP contribution in [0.4, 0.5) is 0 Å². The van der Waals surface area contributed by atoms with Crippen LogP contribution < -0.4 is 0 Å². The van der Waals surface area contributed by atoms with Gasteiger partial charge in [0.15, 0.2) is 0 Å². The minimum Gasteiger partial charge on any atom is -0.469 e. The Morgan fingerprint density at radius 3 is 2.41 bits per heavy atom. The van der Waals surface area contributed by atoms with Gasteiger partial charge in [0, 0.05) is 0 Å². The van der Waals surface area contributed by atoms with Crippen LogP contribution in [0.25, 0.3) is 11.1 Å². The number of thiophene rings is 1. The summed E-state index contributed by atoms with van der Waals surface area (Å²) in [6.45, 7) is 1.85. The first kappa shape index (κ1) is 11.9. The van der Waals surface area contributed by atoms with Crippen LogP contribution in [0.2, 0.25) is 0 Å². The topological polar surface area (TPSA) is 26.3 Å². The number of carbonyl (C=O) groups is 1. The van der Waals surface area contributed by atoms with Gasteiger partial charge in [-0.3, -0.25) is 4.79 Å². The van der Waals surface area contributed by atoms with Gasteiger partial charge in [-0.15, -0.1) is 0 Å². The second-order valence-electron chi connectivity index (χ2n) is 3.88. The van der Waals surface area contributed by atoms with E-state index < -0.39 is 0 Å². The molecule has 0 saturated heterocycles. The van der Waals surface area contributed by atoms with Crippen LogP contribution in [0.5, 0.6) is 0 Å². The maximum absolute atomic E-state index is 11.4. The Bertz CT molecular complexity index is 485. The number of carbonyl (C=O) groups excluding carboxylic acids is 1. The average molecular weight is 246 g/mol. The smallest absolute Gasteiger partial charge is 0.312 e. The molecule has 0 fully saturated rings. The van der Waals surface area contributed by atoms with Crippen LogP contribution in [-0.4, -0.2) is 13.1 Å². The van der Waals surface area contributed by atoms with E-state index in [-0.39, 0.29) is 11.9 Å². The van der Waals surface area contributed by atoms with Crippen LogP contribution in [0.1, 0.15) is 18.4 Å². The van der Waals surface area contributed by atoms with Crippen molar-refractivity contribution in [2.75, 3.05) is 7.11 Å². The quantitative estimate of drug-likeness (QED) is 0.772.